The topological polar surface area (TPSA) is 23.6 Å². The molecule has 0 aliphatic carbocycles. The van der Waals surface area contributed by atoms with Crippen molar-refractivity contribution in [3.63, 3.8) is 0 Å². The summed E-state index contributed by atoms with van der Waals surface area (Å²) in [6, 6.07) is 16.8. The Hall–Kier alpha value is -2.13. The zero-order valence-corrected chi connectivity index (χ0v) is 15.5. The Balaban J connectivity index is 1.65. The van der Waals surface area contributed by atoms with Crippen molar-refractivity contribution in [3.8, 4) is 0 Å². The van der Waals surface area contributed by atoms with Crippen LogP contribution in [-0.2, 0) is 11.3 Å². The van der Waals surface area contributed by atoms with Crippen molar-refractivity contribution in [3.05, 3.63) is 65.2 Å². The second-order valence-electron chi connectivity index (χ2n) is 7.23. The van der Waals surface area contributed by atoms with Gasteiger partial charge in [0, 0.05) is 25.8 Å². The van der Waals surface area contributed by atoms with Crippen LogP contribution < -0.4 is 4.90 Å². The number of likely N-dealkylation sites (tertiary alicyclic amines) is 1. The predicted molar refractivity (Wildman–Crippen MR) is 104 cm³/mol. The number of rotatable bonds is 4. The summed E-state index contributed by atoms with van der Waals surface area (Å²) >= 11 is 0. The maximum absolute atomic E-state index is 13.0. The Morgan fingerprint density at radius 3 is 2.60 bits per heavy atom. The van der Waals surface area contributed by atoms with Crippen LogP contribution in [0.4, 0.5) is 5.69 Å². The minimum Gasteiger partial charge on any atom is -0.315 e. The number of piperidine rings is 1. The summed E-state index contributed by atoms with van der Waals surface area (Å²) in [4.78, 5) is 17.2. The van der Waals surface area contributed by atoms with Gasteiger partial charge in [-0.3, -0.25) is 9.69 Å². The van der Waals surface area contributed by atoms with Gasteiger partial charge in [-0.05, 0) is 62.1 Å². The number of benzene rings is 2. The lowest BCUT2D eigenvalue weighted by Gasteiger charge is -2.34. The first-order valence-corrected chi connectivity index (χ1v) is 9.15. The quantitative estimate of drug-likeness (QED) is 0.836. The van der Waals surface area contributed by atoms with Crippen LogP contribution in [0.1, 0.15) is 29.5 Å². The highest BCUT2D eigenvalue weighted by molar-refractivity contribution is 5.94. The highest BCUT2D eigenvalue weighted by Crippen LogP contribution is 2.24. The number of aryl methyl sites for hydroxylation is 2. The zero-order valence-electron chi connectivity index (χ0n) is 15.5. The molecule has 1 heterocycles. The average Bonchev–Trinajstić information content (AvgIpc) is 2.64. The molecular formula is C22H28N2O. The van der Waals surface area contributed by atoms with Gasteiger partial charge >= 0.3 is 0 Å². The van der Waals surface area contributed by atoms with E-state index in [0.717, 1.165) is 38.2 Å². The lowest BCUT2D eigenvalue weighted by molar-refractivity contribution is -0.123. The van der Waals surface area contributed by atoms with E-state index < -0.39 is 0 Å². The summed E-state index contributed by atoms with van der Waals surface area (Å²) in [5.41, 5.74) is 4.80. The molecule has 0 bridgehead atoms. The summed E-state index contributed by atoms with van der Waals surface area (Å²) in [5.74, 6) is 0.324. The number of carbonyl (C=O) groups is 1. The Morgan fingerprint density at radius 2 is 1.88 bits per heavy atom. The smallest absolute Gasteiger partial charge is 0.231 e. The van der Waals surface area contributed by atoms with E-state index in [-0.39, 0.29) is 11.8 Å². The molecule has 0 radical (unpaired) electrons. The summed E-state index contributed by atoms with van der Waals surface area (Å²) < 4.78 is 0. The summed E-state index contributed by atoms with van der Waals surface area (Å²) in [7, 11) is 1.91. The van der Waals surface area contributed by atoms with E-state index in [4.69, 9.17) is 0 Å². The first-order valence-electron chi connectivity index (χ1n) is 9.15. The van der Waals surface area contributed by atoms with Crippen molar-refractivity contribution in [1.29, 1.82) is 0 Å². The summed E-state index contributed by atoms with van der Waals surface area (Å²) in [6.45, 7) is 7.05. The van der Waals surface area contributed by atoms with Gasteiger partial charge in [0.15, 0.2) is 0 Å². The molecule has 0 saturated carbocycles. The fourth-order valence-corrected chi connectivity index (χ4v) is 3.58. The minimum absolute atomic E-state index is 0.0871. The predicted octanol–water partition coefficient (Wildman–Crippen LogP) is 4.18. The molecule has 3 rings (SSSR count). The SMILES string of the molecule is Cc1ccc(N(C)C(=O)[C@@H]2CCCN(Cc3ccccc3)C2)cc1C. The van der Waals surface area contributed by atoms with E-state index in [1.165, 1.54) is 16.7 Å². The Kier molecular flexibility index (Phi) is 5.54. The van der Waals surface area contributed by atoms with Gasteiger partial charge in [0.1, 0.15) is 0 Å². The molecule has 0 spiro atoms. The van der Waals surface area contributed by atoms with Crippen LogP contribution in [-0.4, -0.2) is 30.9 Å². The Labute approximate surface area is 151 Å². The fourth-order valence-electron chi connectivity index (χ4n) is 3.58. The first-order chi connectivity index (χ1) is 12.0. The van der Waals surface area contributed by atoms with E-state index in [9.17, 15) is 4.79 Å². The lowest BCUT2D eigenvalue weighted by atomic mass is 9.95. The Bertz CT molecular complexity index is 726. The molecule has 1 amide bonds. The molecule has 1 aliphatic rings. The fraction of sp³-hybridized carbons (Fsp3) is 0.409. The van der Waals surface area contributed by atoms with Crippen LogP contribution in [0.5, 0.6) is 0 Å². The van der Waals surface area contributed by atoms with Crippen LogP contribution in [0.3, 0.4) is 0 Å². The van der Waals surface area contributed by atoms with E-state index in [2.05, 4.69) is 55.1 Å². The second kappa shape index (κ2) is 7.83. The standard InChI is InChI=1S/C22H28N2O/c1-17-11-12-21(14-18(17)2)23(3)22(25)20-10-7-13-24(16-20)15-19-8-5-4-6-9-19/h4-6,8-9,11-12,14,20H,7,10,13,15-16H2,1-3H3/t20-/m1/s1. The molecule has 1 saturated heterocycles. The van der Waals surface area contributed by atoms with Gasteiger partial charge < -0.3 is 4.90 Å². The van der Waals surface area contributed by atoms with E-state index in [1.807, 2.05) is 24.1 Å². The Morgan fingerprint density at radius 1 is 1.12 bits per heavy atom. The minimum atomic E-state index is 0.0871. The number of hydrogen-bond acceptors (Lipinski definition) is 2. The third-order valence-electron chi connectivity index (χ3n) is 5.31. The van der Waals surface area contributed by atoms with Crippen LogP contribution >= 0.6 is 0 Å². The van der Waals surface area contributed by atoms with Crippen LogP contribution in [0.2, 0.25) is 0 Å². The van der Waals surface area contributed by atoms with Crippen molar-refractivity contribution in [2.45, 2.75) is 33.2 Å². The van der Waals surface area contributed by atoms with Gasteiger partial charge in [-0.1, -0.05) is 36.4 Å². The number of nitrogens with zero attached hydrogens (tertiary/aromatic N) is 2. The van der Waals surface area contributed by atoms with Crippen LogP contribution in [0.25, 0.3) is 0 Å². The molecule has 0 N–H and O–H groups in total. The maximum Gasteiger partial charge on any atom is 0.231 e. The molecule has 3 nitrogen and oxygen atoms in total. The van der Waals surface area contributed by atoms with Crippen molar-refractivity contribution in [2.24, 2.45) is 5.92 Å². The van der Waals surface area contributed by atoms with Crippen molar-refractivity contribution >= 4 is 11.6 Å². The van der Waals surface area contributed by atoms with E-state index >= 15 is 0 Å². The molecule has 3 heteroatoms. The lowest BCUT2D eigenvalue weighted by Crippen LogP contribution is -2.43. The first kappa shape index (κ1) is 17.7. The van der Waals surface area contributed by atoms with Gasteiger partial charge in [0.25, 0.3) is 0 Å². The van der Waals surface area contributed by atoms with Gasteiger partial charge in [0.05, 0.1) is 5.92 Å². The average molecular weight is 336 g/mol. The van der Waals surface area contributed by atoms with E-state index in [0.29, 0.717) is 0 Å². The number of amides is 1. The third kappa shape index (κ3) is 4.29. The molecule has 0 unspecified atom stereocenters. The highest BCUT2D eigenvalue weighted by Gasteiger charge is 2.28. The van der Waals surface area contributed by atoms with E-state index in [1.54, 1.807) is 0 Å². The normalized spacial score (nSPS) is 18.1. The second-order valence-corrected chi connectivity index (χ2v) is 7.23. The van der Waals surface area contributed by atoms with Crippen LogP contribution in [0, 0.1) is 19.8 Å². The van der Waals surface area contributed by atoms with Gasteiger partial charge in [-0.2, -0.15) is 0 Å². The highest BCUT2D eigenvalue weighted by atomic mass is 16.2. The molecule has 2 aromatic carbocycles. The van der Waals surface area contributed by atoms with Crippen molar-refractivity contribution < 1.29 is 4.79 Å². The molecule has 1 fully saturated rings. The molecule has 132 valence electrons. The number of carbonyl (C=O) groups excluding carboxylic acids is 1. The van der Waals surface area contributed by atoms with Crippen LogP contribution in [0.15, 0.2) is 48.5 Å². The van der Waals surface area contributed by atoms with Gasteiger partial charge in [-0.25, -0.2) is 0 Å². The number of hydrogen-bond donors (Lipinski definition) is 0. The van der Waals surface area contributed by atoms with Crippen molar-refractivity contribution in [1.82, 2.24) is 4.90 Å². The summed E-state index contributed by atoms with van der Waals surface area (Å²) in [5, 5.41) is 0. The largest absolute Gasteiger partial charge is 0.315 e. The molecule has 0 aromatic heterocycles. The summed E-state index contributed by atoms with van der Waals surface area (Å²) in [6.07, 6.45) is 2.07. The zero-order chi connectivity index (χ0) is 17.8. The molecule has 1 aliphatic heterocycles. The maximum atomic E-state index is 13.0. The molecule has 2 aromatic rings. The van der Waals surface area contributed by atoms with Gasteiger partial charge in [-0.15, -0.1) is 0 Å². The molecular weight excluding hydrogens is 308 g/mol. The third-order valence-corrected chi connectivity index (χ3v) is 5.31. The molecule has 1 atom stereocenters. The van der Waals surface area contributed by atoms with Crippen molar-refractivity contribution in [2.75, 3.05) is 25.0 Å². The monoisotopic (exact) mass is 336 g/mol. The van der Waals surface area contributed by atoms with Gasteiger partial charge in [0.2, 0.25) is 5.91 Å². The molecule has 25 heavy (non-hydrogen) atoms. The number of anilines is 1.